The van der Waals surface area contributed by atoms with Gasteiger partial charge in [0.1, 0.15) is 5.82 Å². The lowest BCUT2D eigenvalue weighted by atomic mass is 10.0. The Kier molecular flexibility index (Phi) is 3.28. The Morgan fingerprint density at radius 1 is 1.18 bits per heavy atom. The third-order valence-electron chi connectivity index (χ3n) is 2.82. The van der Waals surface area contributed by atoms with E-state index in [0.717, 1.165) is 5.69 Å². The molecule has 1 aromatic carbocycles. The van der Waals surface area contributed by atoms with Gasteiger partial charge in [-0.1, -0.05) is 24.3 Å². The molecule has 0 spiro atoms. The van der Waals surface area contributed by atoms with E-state index < -0.39 is 0 Å². The molecule has 0 aliphatic rings. The van der Waals surface area contributed by atoms with E-state index in [-0.39, 0.29) is 6.04 Å². The first-order valence-corrected chi connectivity index (χ1v) is 5.70. The lowest BCUT2D eigenvalue weighted by molar-refractivity contribution is 0.873. The van der Waals surface area contributed by atoms with Gasteiger partial charge in [-0.15, -0.1) is 0 Å². The highest BCUT2D eigenvalue weighted by Gasteiger charge is 2.07. The highest BCUT2D eigenvalue weighted by molar-refractivity contribution is 5.47. The van der Waals surface area contributed by atoms with E-state index in [4.69, 9.17) is 5.73 Å². The number of nitrogen functional groups attached to an aromatic ring is 1. The van der Waals surface area contributed by atoms with Crippen molar-refractivity contribution in [1.29, 1.82) is 0 Å². The van der Waals surface area contributed by atoms with Crippen LogP contribution >= 0.6 is 0 Å². The van der Waals surface area contributed by atoms with Crippen molar-refractivity contribution >= 4 is 11.5 Å². The Morgan fingerprint density at radius 3 is 2.59 bits per heavy atom. The van der Waals surface area contributed by atoms with Crippen LogP contribution in [-0.4, -0.2) is 4.98 Å². The zero-order valence-corrected chi connectivity index (χ0v) is 10.1. The lowest BCUT2D eigenvalue weighted by Crippen LogP contribution is -2.08. The summed E-state index contributed by atoms with van der Waals surface area (Å²) >= 11 is 0. The van der Waals surface area contributed by atoms with Crippen LogP contribution in [0.15, 0.2) is 42.6 Å². The minimum Gasteiger partial charge on any atom is -0.384 e. The summed E-state index contributed by atoms with van der Waals surface area (Å²) in [4.78, 5) is 4.06. The average molecular weight is 227 g/mol. The number of nitrogens with two attached hydrogens (primary N) is 1. The fraction of sp³-hybridized carbons (Fsp3) is 0.214. The molecule has 3 heteroatoms. The minimum atomic E-state index is 0.252. The van der Waals surface area contributed by atoms with Crippen molar-refractivity contribution in [2.75, 3.05) is 11.1 Å². The molecule has 3 nitrogen and oxygen atoms in total. The van der Waals surface area contributed by atoms with Crippen LogP contribution < -0.4 is 11.1 Å². The molecule has 0 radical (unpaired) electrons. The smallest absolute Gasteiger partial charge is 0.123 e. The maximum Gasteiger partial charge on any atom is 0.123 e. The van der Waals surface area contributed by atoms with Gasteiger partial charge >= 0.3 is 0 Å². The molecular formula is C14H17N3. The first kappa shape index (κ1) is 11.5. The van der Waals surface area contributed by atoms with Gasteiger partial charge in [0.05, 0.1) is 11.9 Å². The number of aryl methyl sites for hydroxylation is 1. The van der Waals surface area contributed by atoms with Gasteiger partial charge < -0.3 is 11.1 Å². The molecule has 0 saturated carbocycles. The monoisotopic (exact) mass is 227 g/mol. The quantitative estimate of drug-likeness (QED) is 0.847. The van der Waals surface area contributed by atoms with E-state index in [2.05, 4.69) is 48.4 Å². The van der Waals surface area contributed by atoms with Crippen molar-refractivity contribution in [2.45, 2.75) is 19.9 Å². The number of rotatable bonds is 3. The number of aromatic nitrogens is 1. The second kappa shape index (κ2) is 4.87. The van der Waals surface area contributed by atoms with Crippen molar-refractivity contribution in [1.82, 2.24) is 4.98 Å². The van der Waals surface area contributed by atoms with Gasteiger partial charge in [0, 0.05) is 6.04 Å². The fourth-order valence-electron chi connectivity index (χ4n) is 1.89. The maximum atomic E-state index is 5.55. The van der Waals surface area contributed by atoms with Crippen LogP contribution in [0.1, 0.15) is 24.1 Å². The molecule has 0 aliphatic carbocycles. The standard InChI is InChI=1S/C14H17N3/c1-10-5-3-4-6-13(10)11(2)17-12-7-8-14(15)16-9-12/h3-9,11,17H,1-2H3,(H2,15,16). The number of hydrogen-bond donors (Lipinski definition) is 2. The largest absolute Gasteiger partial charge is 0.384 e. The second-order valence-electron chi connectivity index (χ2n) is 4.19. The summed E-state index contributed by atoms with van der Waals surface area (Å²) in [7, 11) is 0. The predicted molar refractivity (Wildman–Crippen MR) is 71.9 cm³/mol. The van der Waals surface area contributed by atoms with E-state index in [1.165, 1.54) is 11.1 Å². The molecule has 1 heterocycles. The molecule has 0 aliphatic heterocycles. The van der Waals surface area contributed by atoms with Crippen molar-refractivity contribution in [2.24, 2.45) is 0 Å². The van der Waals surface area contributed by atoms with E-state index >= 15 is 0 Å². The highest BCUT2D eigenvalue weighted by Crippen LogP contribution is 2.21. The molecular weight excluding hydrogens is 210 g/mol. The Labute approximate surface area is 102 Å². The Bertz CT molecular complexity index is 491. The molecule has 2 rings (SSSR count). The van der Waals surface area contributed by atoms with Crippen LogP contribution in [0.4, 0.5) is 11.5 Å². The van der Waals surface area contributed by atoms with Crippen LogP contribution in [0.3, 0.4) is 0 Å². The van der Waals surface area contributed by atoms with Crippen LogP contribution in [0, 0.1) is 6.92 Å². The number of nitrogens with one attached hydrogen (secondary N) is 1. The van der Waals surface area contributed by atoms with Crippen LogP contribution in [0.2, 0.25) is 0 Å². The first-order chi connectivity index (χ1) is 8.16. The fourth-order valence-corrected chi connectivity index (χ4v) is 1.89. The van der Waals surface area contributed by atoms with Gasteiger partial charge in [-0.25, -0.2) is 4.98 Å². The number of benzene rings is 1. The van der Waals surface area contributed by atoms with Gasteiger partial charge in [-0.2, -0.15) is 0 Å². The van der Waals surface area contributed by atoms with Gasteiger partial charge in [0.25, 0.3) is 0 Å². The van der Waals surface area contributed by atoms with E-state index in [9.17, 15) is 0 Å². The molecule has 0 saturated heterocycles. The number of hydrogen-bond acceptors (Lipinski definition) is 3. The molecule has 1 unspecified atom stereocenters. The van der Waals surface area contributed by atoms with E-state index in [0.29, 0.717) is 5.82 Å². The Morgan fingerprint density at radius 2 is 1.94 bits per heavy atom. The molecule has 88 valence electrons. The molecule has 17 heavy (non-hydrogen) atoms. The van der Waals surface area contributed by atoms with Crippen molar-refractivity contribution in [3.63, 3.8) is 0 Å². The van der Waals surface area contributed by atoms with Crippen molar-refractivity contribution in [3.8, 4) is 0 Å². The molecule has 2 aromatic rings. The summed E-state index contributed by atoms with van der Waals surface area (Å²) in [5, 5.41) is 3.41. The lowest BCUT2D eigenvalue weighted by Gasteiger charge is -2.17. The molecule has 1 atom stereocenters. The second-order valence-corrected chi connectivity index (χ2v) is 4.19. The molecule has 0 bridgehead atoms. The third-order valence-corrected chi connectivity index (χ3v) is 2.82. The first-order valence-electron chi connectivity index (χ1n) is 5.70. The van der Waals surface area contributed by atoms with Gasteiger partial charge in [-0.3, -0.25) is 0 Å². The number of pyridine rings is 1. The SMILES string of the molecule is Cc1ccccc1C(C)Nc1ccc(N)nc1. The summed E-state index contributed by atoms with van der Waals surface area (Å²) in [6.45, 7) is 4.26. The van der Waals surface area contributed by atoms with E-state index in [1.54, 1.807) is 12.3 Å². The maximum absolute atomic E-state index is 5.55. The van der Waals surface area contributed by atoms with Gasteiger partial charge in [0.2, 0.25) is 0 Å². The zero-order valence-electron chi connectivity index (χ0n) is 10.1. The van der Waals surface area contributed by atoms with Crippen LogP contribution in [0.25, 0.3) is 0 Å². The van der Waals surface area contributed by atoms with Gasteiger partial charge in [0.15, 0.2) is 0 Å². The summed E-state index contributed by atoms with van der Waals surface area (Å²) in [6, 6.07) is 12.4. The Balaban J connectivity index is 2.14. The third kappa shape index (κ3) is 2.75. The molecule has 1 aromatic heterocycles. The van der Waals surface area contributed by atoms with Crippen molar-refractivity contribution in [3.05, 3.63) is 53.7 Å². The topological polar surface area (TPSA) is 50.9 Å². The van der Waals surface area contributed by atoms with Crippen LogP contribution in [-0.2, 0) is 0 Å². The van der Waals surface area contributed by atoms with Crippen LogP contribution in [0.5, 0.6) is 0 Å². The molecule has 0 fully saturated rings. The molecule has 0 amide bonds. The summed E-state index contributed by atoms with van der Waals surface area (Å²) in [5.74, 6) is 0.541. The summed E-state index contributed by atoms with van der Waals surface area (Å²) in [5.41, 5.74) is 9.12. The highest BCUT2D eigenvalue weighted by atomic mass is 14.9. The number of nitrogens with zero attached hydrogens (tertiary/aromatic N) is 1. The summed E-state index contributed by atoms with van der Waals surface area (Å²) < 4.78 is 0. The Hall–Kier alpha value is -2.03. The molecule has 3 N–H and O–H groups in total. The minimum absolute atomic E-state index is 0.252. The number of anilines is 2. The zero-order chi connectivity index (χ0) is 12.3. The van der Waals surface area contributed by atoms with E-state index in [1.807, 2.05) is 6.07 Å². The predicted octanol–water partition coefficient (Wildman–Crippen LogP) is 3.15. The average Bonchev–Trinajstić information content (AvgIpc) is 2.32. The normalized spacial score (nSPS) is 12.1. The van der Waals surface area contributed by atoms with Crippen molar-refractivity contribution < 1.29 is 0 Å². The summed E-state index contributed by atoms with van der Waals surface area (Å²) in [6.07, 6.45) is 1.75. The van der Waals surface area contributed by atoms with Gasteiger partial charge in [-0.05, 0) is 37.1 Å².